The smallest absolute Gasteiger partial charge is 0.253 e. The molecule has 152 valence electrons. The number of rotatable bonds is 4. The molecule has 2 aromatic carbocycles. The molecule has 0 atom stereocenters. The number of aliphatic hydroxyl groups excluding tert-OH is 1. The van der Waals surface area contributed by atoms with Crippen molar-refractivity contribution in [1.29, 1.82) is 0 Å². The molecule has 0 aromatic heterocycles. The van der Waals surface area contributed by atoms with Crippen LogP contribution in [0.3, 0.4) is 0 Å². The maximum Gasteiger partial charge on any atom is 0.253 e. The Hall–Kier alpha value is -2.59. The van der Waals surface area contributed by atoms with Crippen molar-refractivity contribution in [2.24, 2.45) is 0 Å². The summed E-state index contributed by atoms with van der Waals surface area (Å²) < 4.78 is 6.43. The van der Waals surface area contributed by atoms with E-state index in [-0.39, 0.29) is 17.6 Å². The normalized spacial score (nSPS) is 23.1. The second-order valence-electron chi connectivity index (χ2n) is 8.01. The molecule has 0 saturated heterocycles. The van der Waals surface area contributed by atoms with E-state index in [1.165, 1.54) is 0 Å². The molecule has 29 heavy (non-hydrogen) atoms. The van der Waals surface area contributed by atoms with Crippen molar-refractivity contribution in [2.45, 2.75) is 51.2 Å². The van der Waals surface area contributed by atoms with Crippen molar-refractivity contribution in [3.8, 4) is 5.75 Å². The van der Waals surface area contributed by atoms with E-state index in [0.29, 0.717) is 18.7 Å². The zero-order valence-corrected chi connectivity index (χ0v) is 17.2. The van der Waals surface area contributed by atoms with Gasteiger partial charge in [-0.2, -0.15) is 0 Å². The fourth-order valence-electron chi connectivity index (χ4n) is 4.43. The van der Waals surface area contributed by atoms with Crippen LogP contribution in [0.2, 0.25) is 0 Å². The Bertz CT molecular complexity index is 904. The Morgan fingerprint density at radius 1 is 1.07 bits per heavy atom. The minimum absolute atomic E-state index is 0.0700. The van der Waals surface area contributed by atoms with Crippen LogP contribution in [0.5, 0.6) is 5.75 Å². The summed E-state index contributed by atoms with van der Waals surface area (Å²) >= 11 is 0. The van der Waals surface area contributed by atoms with E-state index in [1.807, 2.05) is 61.2 Å². The molecule has 1 saturated carbocycles. The Morgan fingerprint density at radius 2 is 1.72 bits per heavy atom. The van der Waals surface area contributed by atoms with E-state index < -0.39 is 0 Å². The van der Waals surface area contributed by atoms with Crippen LogP contribution in [-0.4, -0.2) is 40.7 Å². The van der Waals surface area contributed by atoms with Gasteiger partial charge in [0.15, 0.2) is 0 Å². The Kier molecular flexibility index (Phi) is 5.46. The number of carbonyl (C=O) groups excluding carboxylic acids is 1. The molecule has 4 nitrogen and oxygen atoms in total. The second-order valence-corrected chi connectivity index (χ2v) is 8.01. The predicted octanol–water partition coefficient (Wildman–Crippen LogP) is 4.67. The molecule has 0 bridgehead atoms. The zero-order valence-electron chi connectivity index (χ0n) is 17.2. The lowest BCUT2D eigenvalue weighted by Crippen LogP contribution is -2.41. The molecule has 2 aliphatic rings. The minimum Gasteiger partial charge on any atom is -0.483 e. The molecule has 4 rings (SSSR count). The van der Waals surface area contributed by atoms with E-state index in [0.717, 1.165) is 48.1 Å². The summed E-state index contributed by atoms with van der Waals surface area (Å²) in [5, 5.41) is 9.96. The number of aliphatic hydroxyl groups is 1. The van der Waals surface area contributed by atoms with E-state index in [9.17, 15) is 9.90 Å². The van der Waals surface area contributed by atoms with Crippen LogP contribution in [0.1, 0.15) is 61.0 Å². The van der Waals surface area contributed by atoms with Crippen LogP contribution in [0.25, 0.3) is 5.57 Å². The lowest BCUT2D eigenvalue weighted by atomic mass is 9.78. The summed E-state index contributed by atoms with van der Waals surface area (Å²) in [5.74, 6) is 0.963. The van der Waals surface area contributed by atoms with Gasteiger partial charge < -0.3 is 14.7 Å². The third-order valence-corrected chi connectivity index (χ3v) is 6.19. The van der Waals surface area contributed by atoms with Crippen molar-refractivity contribution in [2.75, 3.05) is 13.1 Å². The Labute approximate surface area is 172 Å². The first-order valence-electron chi connectivity index (χ1n) is 10.6. The number of para-hydroxylation sites is 1. The van der Waals surface area contributed by atoms with Crippen LogP contribution in [0.15, 0.2) is 54.6 Å². The fourth-order valence-corrected chi connectivity index (χ4v) is 4.43. The molecule has 1 aliphatic carbocycles. The average molecular weight is 392 g/mol. The van der Waals surface area contributed by atoms with Gasteiger partial charge in [-0.25, -0.2) is 0 Å². The zero-order chi connectivity index (χ0) is 20.4. The van der Waals surface area contributed by atoms with Gasteiger partial charge in [0, 0.05) is 24.2 Å². The molecule has 1 aliphatic heterocycles. The number of nitrogens with zero attached hydrogens (tertiary/aromatic N) is 1. The molecule has 1 N–H and O–H groups in total. The number of hydrogen-bond acceptors (Lipinski definition) is 3. The lowest BCUT2D eigenvalue weighted by Gasteiger charge is -2.41. The third kappa shape index (κ3) is 3.82. The maximum atomic E-state index is 12.6. The third-order valence-electron chi connectivity index (χ3n) is 6.19. The fraction of sp³-hybridized carbons (Fsp3) is 0.400. The van der Waals surface area contributed by atoms with Gasteiger partial charge in [-0.1, -0.05) is 30.3 Å². The number of ether oxygens (including phenoxy) is 1. The molecule has 1 spiro atoms. The Morgan fingerprint density at radius 3 is 2.38 bits per heavy atom. The highest BCUT2D eigenvalue weighted by atomic mass is 16.5. The molecule has 1 heterocycles. The predicted molar refractivity (Wildman–Crippen MR) is 115 cm³/mol. The summed E-state index contributed by atoms with van der Waals surface area (Å²) in [6, 6.07) is 16.1. The van der Waals surface area contributed by atoms with Gasteiger partial charge in [-0.05, 0) is 74.9 Å². The van der Waals surface area contributed by atoms with E-state index in [4.69, 9.17) is 4.74 Å². The molecule has 2 aromatic rings. The summed E-state index contributed by atoms with van der Waals surface area (Å²) in [5.41, 5.74) is 3.66. The van der Waals surface area contributed by atoms with Gasteiger partial charge >= 0.3 is 0 Å². The molecular formula is C25H29NO3. The summed E-state index contributed by atoms with van der Waals surface area (Å²) in [7, 11) is 0. The maximum absolute atomic E-state index is 12.6. The number of amides is 1. The molecule has 1 amide bonds. The van der Waals surface area contributed by atoms with Crippen LogP contribution in [-0.2, 0) is 0 Å². The van der Waals surface area contributed by atoms with Crippen LogP contribution in [0, 0.1) is 0 Å². The van der Waals surface area contributed by atoms with Crippen LogP contribution >= 0.6 is 0 Å². The topological polar surface area (TPSA) is 49.8 Å². The van der Waals surface area contributed by atoms with Gasteiger partial charge in [0.1, 0.15) is 11.4 Å². The highest BCUT2D eigenvalue weighted by Crippen LogP contribution is 2.44. The van der Waals surface area contributed by atoms with Crippen molar-refractivity contribution in [3.63, 3.8) is 0 Å². The van der Waals surface area contributed by atoms with E-state index >= 15 is 0 Å². The average Bonchev–Trinajstić information content (AvgIpc) is 2.76. The van der Waals surface area contributed by atoms with E-state index in [1.54, 1.807) is 0 Å². The molecule has 4 heteroatoms. The Balaban J connectivity index is 1.70. The largest absolute Gasteiger partial charge is 0.483 e. The standard InChI is InChI=1S/C25H29NO3/c1-3-26(4-2)24(28)19-11-9-18(10-12-19)22-17-25(15-13-20(27)14-16-25)29-23-8-6-5-7-21(22)23/h5-12,17,20,27H,3-4,13-16H2,1-2H3. The van der Waals surface area contributed by atoms with Gasteiger partial charge in [0.25, 0.3) is 5.91 Å². The number of fused-ring (bicyclic) bond motifs is 1. The highest BCUT2D eigenvalue weighted by Gasteiger charge is 2.39. The first-order valence-corrected chi connectivity index (χ1v) is 10.6. The van der Waals surface area contributed by atoms with Crippen LogP contribution in [0.4, 0.5) is 0 Å². The van der Waals surface area contributed by atoms with Crippen molar-refractivity contribution >= 4 is 11.5 Å². The van der Waals surface area contributed by atoms with E-state index in [2.05, 4.69) is 12.1 Å². The number of benzene rings is 2. The molecular weight excluding hydrogens is 362 g/mol. The SMILES string of the molecule is CCN(CC)C(=O)c1ccc(C2=CC3(CCC(O)CC3)Oc3ccccc32)cc1. The molecule has 0 radical (unpaired) electrons. The van der Waals surface area contributed by atoms with Crippen molar-refractivity contribution in [3.05, 3.63) is 71.3 Å². The minimum atomic E-state index is -0.362. The van der Waals surface area contributed by atoms with Gasteiger partial charge in [-0.15, -0.1) is 0 Å². The van der Waals surface area contributed by atoms with Crippen molar-refractivity contribution in [1.82, 2.24) is 4.90 Å². The number of hydrogen-bond donors (Lipinski definition) is 1. The highest BCUT2D eigenvalue weighted by molar-refractivity contribution is 5.95. The first kappa shape index (κ1) is 19.7. The summed E-state index contributed by atoms with van der Waals surface area (Å²) in [6.45, 7) is 5.42. The molecule has 1 fully saturated rings. The van der Waals surface area contributed by atoms with Crippen LogP contribution < -0.4 is 4.74 Å². The van der Waals surface area contributed by atoms with Crippen molar-refractivity contribution < 1.29 is 14.6 Å². The second kappa shape index (κ2) is 8.03. The lowest BCUT2D eigenvalue weighted by molar-refractivity contribution is 0.0196. The van der Waals surface area contributed by atoms with Gasteiger partial charge in [0.05, 0.1) is 6.10 Å². The summed E-state index contributed by atoms with van der Waals surface area (Å²) in [6.07, 6.45) is 5.13. The molecule has 0 unspecified atom stereocenters. The monoisotopic (exact) mass is 391 g/mol. The summed E-state index contributed by atoms with van der Waals surface area (Å²) in [4.78, 5) is 14.5. The van der Waals surface area contributed by atoms with Gasteiger partial charge in [0.2, 0.25) is 0 Å². The quantitative estimate of drug-likeness (QED) is 0.824. The van der Waals surface area contributed by atoms with Gasteiger partial charge in [-0.3, -0.25) is 4.79 Å². The number of carbonyl (C=O) groups is 1. The first-order chi connectivity index (χ1) is 14.0.